The van der Waals surface area contributed by atoms with Crippen molar-refractivity contribution >= 4 is 27.3 Å². The maximum atomic E-state index is 3.73. The molecule has 0 radical (unpaired) electrons. The van der Waals surface area contributed by atoms with Gasteiger partial charge in [0.1, 0.15) is 0 Å². The third-order valence-electron chi connectivity index (χ3n) is 6.52. The largest absolute Gasteiger partial charge is 0.316 e. The molecule has 3 unspecified atom stereocenters. The molecule has 4 bridgehead atoms. The van der Waals surface area contributed by atoms with Crippen LogP contribution in [0.3, 0.4) is 0 Å². The molecule has 21 heavy (non-hydrogen) atoms. The predicted molar refractivity (Wildman–Crippen MR) is 93.8 cm³/mol. The predicted octanol–water partition coefficient (Wildman–Crippen LogP) is 5.25. The fraction of sp³-hybridized carbons (Fsp3) is 0.778. The summed E-state index contributed by atoms with van der Waals surface area (Å²) in [6.45, 7) is 2.58. The highest BCUT2D eigenvalue weighted by atomic mass is 79.9. The highest BCUT2D eigenvalue weighted by Crippen LogP contribution is 2.66. The molecule has 3 atom stereocenters. The van der Waals surface area contributed by atoms with Gasteiger partial charge in [-0.15, -0.1) is 11.3 Å². The Morgan fingerprint density at radius 3 is 2.52 bits per heavy atom. The van der Waals surface area contributed by atoms with Crippen molar-refractivity contribution in [1.29, 1.82) is 0 Å². The van der Waals surface area contributed by atoms with Crippen LogP contribution < -0.4 is 5.32 Å². The zero-order chi connectivity index (χ0) is 14.7. The summed E-state index contributed by atoms with van der Waals surface area (Å²) < 4.78 is 1.27. The zero-order valence-corrected chi connectivity index (χ0v) is 15.5. The van der Waals surface area contributed by atoms with Crippen molar-refractivity contribution in [2.24, 2.45) is 22.7 Å². The Kier molecular flexibility index (Phi) is 3.55. The number of hydrogen-bond donors (Lipinski definition) is 1. The minimum atomic E-state index is 0.573. The standard InChI is InChI=1S/C18H26BrNS/c1-17-7-12-5-13(8-17)10-18(9-12,11-17)15(20-2)6-14-3-4-16(19)21-14/h3-4,12-13,15,20H,5-11H2,1-2H3. The highest BCUT2D eigenvalue weighted by Gasteiger charge is 2.57. The zero-order valence-electron chi connectivity index (χ0n) is 13.1. The van der Waals surface area contributed by atoms with E-state index in [-0.39, 0.29) is 0 Å². The Bertz CT molecular complexity index is 523. The van der Waals surface area contributed by atoms with E-state index >= 15 is 0 Å². The molecule has 3 heteroatoms. The molecule has 1 heterocycles. The average molecular weight is 368 g/mol. The number of hydrogen-bond acceptors (Lipinski definition) is 2. The quantitative estimate of drug-likeness (QED) is 0.766. The van der Waals surface area contributed by atoms with E-state index in [1.807, 2.05) is 11.3 Å². The van der Waals surface area contributed by atoms with E-state index in [1.54, 1.807) is 0 Å². The lowest BCUT2D eigenvalue weighted by Gasteiger charge is -2.63. The van der Waals surface area contributed by atoms with Gasteiger partial charge in [-0.1, -0.05) is 6.92 Å². The van der Waals surface area contributed by atoms with Gasteiger partial charge in [0.15, 0.2) is 0 Å². The van der Waals surface area contributed by atoms with E-state index < -0.39 is 0 Å². The summed E-state index contributed by atoms with van der Waals surface area (Å²) in [5.74, 6) is 2.03. The molecule has 1 nitrogen and oxygen atoms in total. The van der Waals surface area contributed by atoms with Crippen LogP contribution in [0.5, 0.6) is 0 Å². The summed E-state index contributed by atoms with van der Waals surface area (Å²) in [6.07, 6.45) is 10.2. The van der Waals surface area contributed by atoms with Crippen LogP contribution in [0.15, 0.2) is 15.9 Å². The van der Waals surface area contributed by atoms with Gasteiger partial charge in [0.25, 0.3) is 0 Å². The molecular formula is C18H26BrNS. The van der Waals surface area contributed by atoms with Crippen molar-refractivity contribution in [3.05, 3.63) is 20.8 Å². The van der Waals surface area contributed by atoms with Gasteiger partial charge in [0.05, 0.1) is 3.79 Å². The molecule has 0 saturated heterocycles. The first-order chi connectivity index (χ1) is 10.0. The van der Waals surface area contributed by atoms with Crippen molar-refractivity contribution in [3.63, 3.8) is 0 Å². The van der Waals surface area contributed by atoms with Crippen LogP contribution in [0.4, 0.5) is 0 Å². The summed E-state index contributed by atoms with van der Waals surface area (Å²) in [7, 11) is 2.19. The second-order valence-electron chi connectivity index (χ2n) is 8.39. The molecule has 1 N–H and O–H groups in total. The van der Waals surface area contributed by atoms with Crippen LogP contribution >= 0.6 is 27.3 Å². The number of likely N-dealkylation sites (N-methyl/N-ethyl adjacent to an activating group) is 1. The monoisotopic (exact) mass is 367 g/mol. The van der Waals surface area contributed by atoms with E-state index in [1.165, 1.54) is 53.6 Å². The van der Waals surface area contributed by atoms with Gasteiger partial charge < -0.3 is 5.32 Å². The van der Waals surface area contributed by atoms with Gasteiger partial charge in [-0.3, -0.25) is 0 Å². The van der Waals surface area contributed by atoms with Crippen LogP contribution in [-0.4, -0.2) is 13.1 Å². The molecule has 4 saturated carbocycles. The Hall–Kier alpha value is 0.140. The van der Waals surface area contributed by atoms with Crippen molar-refractivity contribution in [2.75, 3.05) is 7.05 Å². The first kappa shape index (κ1) is 14.7. The minimum Gasteiger partial charge on any atom is -0.316 e. The number of rotatable bonds is 4. The summed E-state index contributed by atoms with van der Waals surface area (Å²) in [5, 5.41) is 3.73. The van der Waals surface area contributed by atoms with Gasteiger partial charge in [-0.25, -0.2) is 0 Å². The second-order valence-corrected chi connectivity index (χ2v) is 10.9. The van der Waals surface area contributed by atoms with Crippen molar-refractivity contribution in [2.45, 2.75) is 57.9 Å². The number of halogens is 1. The Morgan fingerprint density at radius 1 is 1.29 bits per heavy atom. The molecule has 0 amide bonds. The van der Waals surface area contributed by atoms with Crippen LogP contribution in [0.2, 0.25) is 0 Å². The first-order valence-electron chi connectivity index (χ1n) is 8.42. The van der Waals surface area contributed by atoms with E-state index in [4.69, 9.17) is 0 Å². The third kappa shape index (κ3) is 2.53. The third-order valence-corrected chi connectivity index (χ3v) is 8.17. The topological polar surface area (TPSA) is 12.0 Å². The number of thiophene rings is 1. The fourth-order valence-electron chi connectivity index (χ4n) is 6.49. The van der Waals surface area contributed by atoms with Crippen molar-refractivity contribution in [1.82, 2.24) is 5.32 Å². The first-order valence-corrected chi connectivity index (χ1v) is 10.0. The van der Waals surface area contributed by atoms with Gasteiger partial charge in [-0.05, 0) is 103 Å². The summed E-state index contributed by atoms with van der Waals surface area (Å²) in [5.41, 5.74) is 1.22. The normalized spacial score (nSPS) is 42.4. The maximum absolute atomic E-state index is 3.73. The van der Waals surface area contributed by atoms with E-state index in [9.17, 15) is 0 Å². The second kappa shape index (κ2) is 5.07. The molecule has 0 aromatic carbocycles. The number of nitrogens with one attached hydrogen (secondary N) is 1. The summed E-state index contributed by atoms with van der Waals surface area (Å²) >= 11 is 5.53. The van der Waals surface area contributed by atoms with Gasteiger partial charge in [-0.2, -0.15) is 0 Å². The van der Waals surface area contributed by atoms with Crippen LogP contribution in [0, 0.1) is 22.7 Å². The van der Waals surface area contributed by atoms with E-state index in [0.717, 1.165) is 11.8 Å². The molecule has 4 fully saturated rings. The highest BCUT2D eigenvalue weighted by molar-refractivity contribution is 9.11. The molecule has 116 valence electrons. The molecule has 0 spiro atoms. The lowest BCUT2D eigenvalue weighted by molar-refractivity contribution is -0.117. The lowest BCUT2D eigenvalue weighted by Crippen LogP contribution is -2.58. The SMILES string of the molecule is CNC(Cc1ccc(Br)s1)C12CC3CC(CC(C)(C3)C1)C2. The molecule has 5 rings (SSSR count). The molecule has 1 aromatic heterocycles. The smallest absolute Gasteiger partial charge is 0.0701 e. The molecule has 1 aromatic rings. The molecule has 4 aliphatic carbocycles. The van der Waals surface area contributed by atoms with Crippen LogP contribution in [0.1, 0.15) is 50.3 Å². The van der Waals surface area contributed by atoms with E-state index in [2.05, 4.69) is 47.4 Å². The van der Waals surface area contributed by atoms with E-state index in [0.29, 0.717) is 16.9 Å². The van der Waals surface area contributed by atoms with Crippen molar-refractivity contribution < 1.29 is 0 Å². The lowest BCUT2D eigenvalue weighted by atomic mass is 9.43. The molecule has 0 aliphatic heterocycles. The Morgan fingerprint density at radius 2 is 2.00 bits per heavy atom. The summed E-state index contributed by atoms with van der Waals surface area (Å²) in [6, 6.07) is 5.17. The van der Waals surface area contributed by atoms with Gasteiger partial charge >= 0.3 is 0 Å². The maximum Gasteiger partial charge on any atom is 0.0701 e. The fourth-order valence-corrected chi connectivity index (χ4v) is 8.02. The Labute approximate surface area is 141 Å². The molecule has 4 aliphatic rings. The Balaban J connectivity index is 1.60. The van der Waals surface area contributed by atoms with Gasteiger partial charge in [0, 0.05) is 10.9 Å². The van der Waals surface area contributed by atoms with Crippen molar-refractivity contribution in [3.8, 4) is 0 Å². The minimum absolute atomic E-state index is 0.573. The van der Waals surface area contributed by atoms with Gasteiger partial charge in [0.2, 0.25) is 0 Å². The van der Waals surface area contributed by atoms with Crippen LogP contribution in [-0.2, 0) is 6.42 Å². The van der Waals surface area contributed by atoms with Crippen LogP contribution in [0.25, 0.3) is 0 Å². The average Bonchev–Trinajstić information content (AvgIpc) is 2.78. The molecular weight excluding hydrogens is 342 g/mol. The summed E-state index contributed by atoms with van der Waals surface area (Å²) in [4.78, 5) is 1.53.